The standard InChI is InChI=1S/C10H9N5S/c1-2-7-6-12-10(13-7)16-9-4-3-8(5-11)14-15-9/h3-4,6H,2H2,1H3,(H,12,13). The highest BCUT2D eigenvalue weighted by molar-refractivity contribution is 7.99. The van der Waals surface area contributed by atoms with E-state index in [1.807, 2.05) is 6.07 Å². The lowest BCUT2D eigenvalue weighted by molar-refractivity contribution is 0.907. The van der Waals surface area contributed by atoms with Crippen LogP contribution in [0.3, 0.4) is 0 Å². The van der Waals surface area contributed by atoms with Crippen LogP contribution in [0.15, 0.2) is 28.5 Å². The second kappa shape index (κ2) is 4.77. The zero-order valence-corrected chi connectivity index (χ0v) is 9.45. The van der Waals surface area contributed by atoms with Gasteiger partial charge in [-0.3, -0.25) is 0 Å². The average Bonchev–Trinajstić information content (AvgIpc) is 2.78. The van der Waals surface area contributed by atoms with Crippen molar-refractivity contribution in [3.63, 3.8) is 0 Å². The number of aromatic amines is 1. The number of aromatic nitrogens is 4. The first-order valence-corrected chi connectivity index (χ1v) is 5.59. The summed E-state index contributed by atoms with van der Waals surface area (Å²) >= 11 is 1.39. The maximum absolute atomic E-state index is 8.58. The fourth-order valence-electron chi connectivity index (χ4n) is 1.10. The number of H-pyrrole nitrogens is 1. The molecule has 0 saturated heterocycles. The summed E-state index contributed by atoms with van der Waals surface area (Å²) in [6.45, 7) is 2.06. The lowest BCUT2D eigenvalue weighted by Gasteiger charge is -1.95. The van der Waals surface area contributed by atoms with Gasteiger partial charge in [-0.2, -0.15) is 5.26 Å². The number of nitrogens with zero attached hydrogens (tertiary/aromatic N) is 4. The van der Waals surface area contributed by atoms with Gasteiger partial charge in [-0.25, -0.2) is 4.98 Å². The van der Waals surface area contributed by atoms with Crippen LogP contribution < -0.4 is 0 Å². The highest BCUT2D eigenvalue weighted by Crippen LogP contribution is 2.22. The van der Waals surface area contributed by atoms with Gasteiger partial charge < -0.3 is 4.98 Å². The van der Waals surface area contributed by atoms with Crippen LogP contribution in [-0.4, -0.2) is 20.2 Å². The Hall–Kier alpha value is -1.87. The summed E-state index contributed by atoms with van der Waals surface area (Å²) in [5.74, 6) is 0. The molecule has 0 aliphatic heterocycles. The normalized spacial score (nSPS) is 10.0. The molecule has 2 rings (SSSR count). The van der Waals surface area contributed by atoms with Gasteiger partial charge in [-0.1, -0.05) is 6.92 Å². The Bertz CT molecular complexity index is 511. The van der Waals surface area contributed by atoms with Crippen molar-refractivity contribution in [2.24, 2.45) is 0 Å². The molecule has 0 bridgehead atoms. The Morgan fingerprint density at radius 3 is 2.88 bits per heavy atom. The zero-order valence-electron chi connectivity index (χ0n) is 8.64. The molecule has 0 saturated carbocycles. The topological polar surface area (TPSA) is 78.2 Å². The van der Waals surface area contributed by atoms with Gasteiger partial charge in [0.2, 0.25) is 0 Å². The first kappa shape index (κ1) is 10.6. The van der Waals surface area contributed by atoms with E-state index in [-0.39, 0.29) is 0 Å². The minimum Gasteiger partial charge on any atom is -0.337 e. The van der Waals surface area contributed by atoms with E-state index >= 15 is 0 Å². The van der Waals surface area contributed by atoms with Gasteiger partial charge in [0, 0.05) is 11.9 Å². The van der Waals surface area contributed by atoms with E-state index in [1.165, 1.54) is 11.8 Å². The second-order valence-electron chi connectivity index (χ2n) is 3.04. The van der Waals surface area contributed by atoms with E-state index in [4.69, 9.17) is 5.26 Å². The van der Waals surface area contributed by atoms with Crippen molar-refractivity contribution in [3.05, 3.63) is 29.7 Å². The van der Waals surface area contributed by atoms with E-state index < -0.39 is 0 Å². The highest BCUT2D eigenvalue weighted by atomic mass is 32.2. The summed E-state index contributed by atoms with van der Waals surface area (Å²) in [6, 6.07) is 5.32. The Balaban J connectivity index is 2.11. The number of rotatable bonds is 3. The molecule has 0 aliphatic rings. The minimum atomic E-state index is 0.318. The van der Waals surface area contributed by atoms with Gasteiger partial charge in [-0.15, -0.1) is 10.2 Å². The first-order chi connectivity index (χ1) is 7.81. The van der Waals surface area contributed by atoms with Crippen LogP contribution in [0.4, 0.5) is 0 Å². The van der Waals surface area contributed by atoms with Crippen LogP contribution in [0.25, 0.3) is 0 Å². The maximum atomic E-state index is 8.58. The summed E-state index contributed by atoms with van der Waals surface area (Å²) in [5, 5.41) is 17.7. The van der Waals surface area contributed by atoms with Gasteiger partial charge in [0.15, 0.2) is 10.9 Å². The number of hydrogen-bond acceptors (Lipinski definition) is 5. The van der Waals surface area contributed by atoms with Crippen molar-refractivity contribution in [3.8, 4) is 6.07 Å². The fraction of sp³-hybridized carbons (Fsp3) is 0.200. The molecule has 6 heteroatoms. The van der Waals surface area contributed by atoms with E-state index in [9.17, 15) is 0 Å². The van der Waals surface area contributed by atoms with Crippen molar-refractivity contribution in [2.45, 2.75) is 23.5 Å². The van der Waals surface area contributed by atoms with Crippen LogP contribution >= 0.6 is 11.8 Å². The van der Waals surface area contributed by atoms with E-state index in [0.29, 0.717) is 5.69 Å². The molecule has 0 spiro atoms. The van der Waals surface area contributed by atoms with Crippen LogP contribution in [0.5, 0.6) is 0 Å². The molecule has 1 N–H and O–H groups in total. The Labute approximate surface area is 96.9 Å². The van der Waals surface area contributed by atoms with Gasteiger partial charge in [0.1, 0.15) is 11.1 Å². The van der Waals surface area contributed by atoms with Crippen LogP contribution in [0.1, 0.15) is 18.3 Å². The molecule has 16 heavy (non-hydrogen) atoms. The Morgan fingerprint density at radius 2 is 2.31 bits per heavy atom. The number of nitrogens with one attached hydrogen (secondary N) is 1. The lowest BCUT2D eigenvalue weighted by Crippen LogP contribution is -1.89. The van der Waals surface area contributed by atoms with E-state index in [1.54, 1.807) is 18.3 Å². The smallest absolute Gasteiger partial charge is 0.171 e. The molecule has 0 unspecified atom stereocenters. The van der Waals surface area contributed by atoms with Crippen molar-refractivity contribution >= 4 is 11.8 Å². The zero-order chi connectivity index (χ0) is 11.4. The minimum absolute atomic E-state index is 0.318. The summed E-state index contributed by atoms with van der Waals surface area (Å²) in [6.07, 6.45) is 2.73. The molecule has 0 fully saturated rings. The predicted octanol–water partition coefficient (Wildman–Crippen LogP) is 1.78. The Kier molecular flexibility index (Phi) is 3.17. The van der Waals surface area contributed by atoms with Crippen molar-refractivity contribution < 1.29 is 0 Å². The van der Waals surface area contributed by atoms with Crippen molar-refractivity contribution in [1.82, 2.24) is 20.2 Å². The van der Waals surface area contributed by atoms with Crippen LogP contribution in [0.2, 0.25) is 0 Å². The molecular formula is C10H9N5S. The third kappa shape index (κ3) is 2.38. The molecule has 0 atom stereocenters. The van der Waals surface area contributed by atoms with Crippen molar-refractivity contribution in [1.29, 1.82) is 5.26 Å². The quantitative estimate of drug-likeness (QED) is 0.871. The lowest BCUT2D eigenvalue weighted by atomic mass is 10.4. The monoisotopic (exact) mass is 231 g/mol. The molecule has 2 heterocycles. The SMILES string of the molecule is CCc1cnc(Sc2ccc(C#N)nn2)[nH]1. The third-order valence-corrected chi connectivity index (χ3v) is 2.77. The fourth-order valence-corrected chi connectivity index (χ4v) is 1.81. The largest absolute Gasteiger partial charge is 0.337 e. The number of imidazole rings is 1. The van der Waals surface area contributed by atoms with Gasteiger partial charge in [-0.05, 0) is 30.3 Å². The molecule has 0 aromatic carbocycles. The van der Waals surface area contributed by atoms with E-state index in [2.05, 4.69) is 27.1 Å². The molecule has 0 radical (unpaired) electrons. The molecule has 2 aromatic heterocycles. The molecule has 2 aromatic rings. The van der Waals surface area contributed by atoms with Gasteiger partial charge in [0.25, 0.3) is 0 Å². The summed E-state index contributed by atoms with van der Waals surface area (Å²) in [4.78, 5) is 7.36. The van der Waals surface area contributed by atoms with Gasteiger partial charge in [0.05, 0.1) is 0 Å². The first-order valence-electron chi connectivity index (χ1n) is 4.77. The third-order valence-electron chi connectivity index (χ3n) is 1.94. The number of hydrogen-bond donors (Lipinski definition) is 1. The van der Waals surface area contributed by atoms with Crippen molar-refractivity contribution in [2.75, 3.05) is 0 Å². The molecule has 0 aliphatic carbocycles. The second-order valence-corrected chi connectivity index (χ2v) is 4.05. The highest BCUT2D eigenvalue weighted by Gasteiger charge is 2.03. The Morgan fingerprint density at radius 1 is 1.44 bits per heavy atom. The summed E-state index contributed by atoms with van der Waals surface area (Å²) in [5.41, 5.74) is 1.40. The number of nitriles is 1. The molecule has 5 nitrogen and oxygen atoms in total. The molecule has 80 valence electrons. The van der Waals surface area contributed by atoms with Crippen LogP contribution in [0, 0.1) is 11.3 Å². The predicted molar refractivity (Wildman–Crippen MR) is 58.8 cm³/mol. The maximum Gasteiger partial charge on any atom is 0.171 e. The molecular weight excluding hydrogens is 222 g/mol. The van der Waals surface area contributed by atoms with E-state index in [0.717, 1.165) is 22.3 Å². The van der Waals surface area contributed by atoms with Crippen LogP contribution in [-0.2, 0) is 6.42 Å². The average molecular weight is 231 g/mol. The summed E-state index contributed by atoms with van der Waals surface area (Å²) in [7, 11) is 0. The molecule has 0 amide bonds. The van der Waals surface area contributed by atoms with Gasteiger partial charge >= 0.3 is 0 Å². The number of aryl methyl sites for hydroxylation is 1. The summed E-state index contributed by atoms with van der Waals surface area (Å²) < 4.78 is 0.